The van der Waals surface area contributed by atoms with E-state index in [0.29, 0.717) is 0 Å². The number of hydrogen-bond acceptors (Lipinski definition) is 1. The zero-order chi connectivity index (χ0) is 20.0. The zero-order valence-corrected chi connectivity index (χ0v) is 6.08. The van der Waals surface area contributed by atoms with E-state index in [4.69, 9.17) is 23.6 Å². The van der Waals surface area contributed by atoms with Gasteiger partial charge in [-0.25, -0.2) is 0 Å². The fourth-order valence-corrected chi connectivity index (χ4v) is 0.827. The van der Waals surface area contributed by atoms with Crippen LogP contribution in [0.5, 0.6) is 0 Å². The van der Waals surface area contributed by atoms with Crippen molar-refractivity contribution < 1.29 is 17.8 Å². The molecule has 64 valence electrons. The highest BCUT2D eigenvalue weighted by Gasteiger charge is 2.16. The van der Waals surface area contributed by atoms with Crippen molar-refractivity contribution >= 4 is 5.69 Å². The van der Waals surface area contributed by atoms with Crippen molar-refractivity contribution in [2.24, 2.45) is 0 Å². The van der Waals surface area contributed by atoms with Crippen molar-refractivity contribution in [3.05, 3.63) is 29.7 Å². The first-order valence-electron chi connectivity index (χ1n) is 9.79. The van der Waals surface area contributed by atoms with E-state index in [1.165, 1.54) is 0 Å². The summed E-state index contributed by atoms with van der Waals surface area (Å²) in [7, 11) is 0. The molecule has 0 spiro atoms. The second-order valence-corrected chi connectivity index (χ2v) is 2.16. The molecule has 0 radical (unpaired) electrons. The first-order valence-corrected chi connectivity index (χ1v) is 3.29. The zero-order valence-electron chi connectivity index (χ0n) is 19.1. The van der Waals surface area contributed by atoms with Gasteiger partial charge in [-0.1, -0.05) is 24.8 Å². The molecule has 0 heterocycles. The number of hydrogen-bond donors (Lipinski definition) is 1. The Morgan fingerprint density at radius 3 is 3.00 bits per heavy atom. The standard InChI is InChI=1S/C11H15N/c12-11-7-3-6-10(8-11)9-4-1-2-5-9/h3,6-9H,1-2,4-5,12H2/i1D2,2D2,3D,4D2,5D2,6D,7D,8D,9D. The summed E-state index contributed by atoms with van der Waals surface area (Å²) in [6.45, 7) is 0. The number of anilines is 1. The molecular weight excluding hydrogens is 146 g/mol. The second kappa shape index (κ2) is 3.18. The van der Waals surface area contributed by atoms with Crippen molar-refractivity contribution in [2.75, 3.05) is 5.73 Å². The van der Waals surface area contributed by atoms with E-state index >= 15 is 0 Å². The highest BCUT2D eigenvalue weighted by molar-refractivity contribution is 5.41. The SMILES string of the molecule is [2H]c1c([2H])c(N)c([2H])c(C2([2H])C([2H])([2H])C([2H])([2H])C([2H])([2H])C2([2H])[2H])c1[2H]. The molecule has 2 N–H and O–H groups in total. The van der Waals surface area contributed by atoms with Gasteiger partial charge in [-0.2, -0.15) is 0 Å². The molecule has 1 saturated carbocycles. The lowest BCUT2D eigenvalue weighted by molar-refractivity contribution is 0.724. The quantitative estimate of drug-likeness (QED) is 0.651. The Hall–Kier alpha value is -0.980. The van der Waals surface area contributed by atoms with Crippen molar-refractivity contribution in [1.29, 1.82) is 0 Å². The fourth-order valence-electron chi connectivity index (χ4n) is 0.827. The summed E-state index contributed by atoms with van der Waals surface area (Å²) in [6, 6.07) is -3.59. The molecule has 0 unspecified atom stereocenters. The Bertz CT molecular complexity index is 698. The van der Waals surface area contributed by atoms with E-state index in [9.17, 15) is 0 Å². The topological polar surface area (TPSA) is 26.0 Å². The van der Waals surface area contributed by atoms with Crippen LogP contribution in [0.15, 0.2) is 24.2 Å². The minimum absolute atomic E-state index is 0.692. The lowest BCUT2D eigenvalue weighted by atomic mass is 9.97. The average Bonchev–Trinajstić information content (AvgIpc) is 2.53. The molecule has 1 nitrogen and oxygen atoms in total. The summed E-state index contributed by atoms with van der Waals surface area (Å²) in [4.78, 5) is 0. The first-order chi connectivity index (χ1) is 10.9. The van der Waals surface area contributed by atoms with Gasteiger partial charge in [-0.15, -0.1) is 0 Å². The Balaban J connectivity index is 3.06. The van der Waals surface area contributed by atoms with Crippen LogP contribution in [0, 0.1) is 0 Å². The monoisotopic (exact) mass is 174 g/mol. The lowest BCUT2D eigenvalue weighted by Crippen LogP contribution is -1.93. The third-order valence-electron chi connectivity index (χ3n) is 1.33. The summed E-state index contributed by atoms with van der Waals surface area (Å²) < 4.78 is 102. The predicted molar refractivity (Wildman–Crippen MR) is 52.1 cm³/mol. The fraction of sp³-hybridized carbons (Fsp3) is 0.455. The van der Waals surface area contributed by atoms with E-state index in [1.807, 2.05) is 0 Å². The van der Waals surface area contributed by atoms with Crippen LogP contribution in [0.1, 0.15) is 54.8 Å². The molecule has 0 aromatic heterocycles. The van der Waals surface area contributed by atoms with Gasteiger partial charge in [0.2, 0.25) is 0 Å². The van der Waals surface area contributed by atoms with Gasteiger partial charge in [0.1, 0.15) is 0 Å². The molecule has 0 saturated heterocycles. The van der Waals surface area contributed by atoms with E-state index in [0.717, 1.165) is 0 Å². The normalized spacial score (nSPS) is 53.5. The molecule has 0 bridgehead atoms. The van der Waals surface area contributed by atoms with E-state index in [1.54, 1.807) is 0 Å². The van der Waals surface area contributed by atoms with Gasteiger partial charge in [0.15, 0.2) is 0 Å². The number of benzene rings is 1. The molecule has 2 rings (SSSR count). The minimum atomic E-state index is -3.51. The van der Waals surface area contributed by atoms with Crippen molar-refractivity contribution in [2.45, 2.75) is 31.4 Å². The van der Waals surface area contributed by atoms with Crippen molar-refractivity contribution in [3.63, 3.8) is 0 Å². The van der Waals surface area contributed by atoms with E-state index in [-0.39, 0.29) is 0 Å². The number of nitrogen functional groups attached to an aromatic ring is 1. The highest BCUT2D eigenvalue weighted by Crippen LogP contribution is 2.34. The smallest absolute Gasteiger partial charge is 0.0648 e. The van der Waals surface area contributed by atoms with Crippen LogP contribution in [0.3, 0.4) is 0 Å². The molecule has 0 aliphatic heterocycles. The Labute approximate surface area is 91.9 Å². The summed E-state index contributed by atoms with van der Waals surface area (Å²) in [5.41, 5.74) is 3.76. The van der Waals surface area contributed by atoms with Gasteiger partial charge in [-0.3, -0.25) is 0 Å². The molecule has 12 heavy (non-hydrogen) atoms. The maximum Gasteiger partial charge on any atom is 0.0648 e. The van der Waals surface area contributed by atoms with Crippen LogP contribution in [-0.2, 0) is 0 Å². The maximum atomic E-state index is 8.41. The third kappa shape index (κ3) is 1.45. The molecule has 0 amide bonds. The van der Waals surface area contributed by atoms with Crippen molar-refractivity contribution in [3.8, 4) is 0 Å². The molecule has 1 fully saturated rings. The highest BCUT2D eigenvalue weighted by atomic mass is 14.5. The van der Waals surface area contributed by atoms with Crippen LogP contribution < -0.4 is 5.73 Å². The van der Waals surface area contributed by atoms with Gasteiger partial charge in [0, 0.05) is 18.0 Å². The molecule has 1 aliphatic carbocycles. The molecule has 1 aromatic rings. The van der Waals surface area contributed by atoms with Crippen molar-refractivity contribution in [1.82, 2.24) is 0 Å². The number of rotatable bonds is 1. The molecule has 1 aliphatic rings. The molecule has 1 heteroatoms. The Morgan fingerprint density at radius 2 is 2.25 bits per heavy atom. The largest absolute Gasteiger partial charge is 0.399 e. The first kappa shape index (κ1) is 1.77. The van der Waals surface area contributed by atoms with E-state index in [2.05, 4.69) is 0 Å². The van der Waals surface area contributed by atoms with Gasteiger partial charge < -0.3 is 5.73 Å². The van der Waals surface area contributed by atoms with Crippen LogP contribution in [-0.4, -0.2) is 0 Å². The molecule has 0 atom stereocenters. The van der Waals surface area contributed by atoms with Crippen LogP contribution >= 0.6 is 0 Å². The lowest BCUT2D eigenvalue weighted by Gasteiger charge is -2.09. The molecular formula is C11H15N. The Morgan fingerprint density at radius 1 is 1.50 bits per heavy atom. The second-order valence-electron chi connectivity index (χ2n) is 2.16. The van der Waals surface area contributed by atoms with Gasteiger partial charge in [0.25, 0.3) is 0 Å². The maximum absolute atomic E-state index is 8.41. The van der Waals surface area contributed by atoms with Gasteiger partial charge in [-0.05, 0) is 36.3 Å². The summed E-state index contributed by atoms with van der Waals surface area (Å²) >= 11 is 0. The van der Waals surface area contributed by atoms with Crippen LogP contribution in [0.2, 0.25) is 0 Å². The third-order valence-corrected chi connectivity index (χ3v) is 1.33. The van der Waals surface area contributed by atoms with Gasteiger partial charge in [0.05, 0.1) is 5.48 Å². The van der Waals surface area contributed by atoms with Crippen LogP contribution in [0.25, 0.3) is 0 Å². The average molecular weight is 174 g/mol. The molecule has 1 aromatic carbocycles. The minimum Gasteiger partial charge on any atom is -0.399 e. The number of nitrogens with two attached hydrogens (primary N) is 1. The Kier molecular flexibility index (Phi) is 0.468. The summed E-state index contributed by atoms with van der Waals surface area (Å²) in [5.74, 6) is -3.39. The van der Waals surface area contributed by atoms with Crippen LogP contribution in [0.4, 0.5) is 5.69 Å². The predicted octanol–water partition coefficient (Wildman–Crippen LogP) is 2.93. The van der Waals surface area contributed by atoms with E-state index < -0.39 is 66.8 Å². The van der Waals surface area contributed by atoms with Gasteiger partial charge >= 0.3 is 0 Å². The summed E-state index contributed by atoms with van der Waals surface area (Å²) in [5, 5.41) is 0. The summed E-state index contributed by atoms with van der Waals surface area (Å²) in [6.07, 6.45) is -14.0.